The molecule has 0 radical (unpaired) electrons. The number of hydrogen-bond acceptors (Lipinski definition) is 4. The summed E-state index contributed by atoms with van der Waals surface area (Å²) in [6, 6.07) is 8.41. The van der Waals surface area contributed by atoms with Crippen LogP contribution in [0.3, 0.4) is 0 Å². The first-order valence-electron chi connectivity index (χ1n) is 7.00. The number of benzene rings is 1. The van der Waals surface area contributed by atoms with Gasteiger partial charge in [-0.25, -0.2) is 0 Å². The third-order valence-electron chi connectivity index (χ3n) is 3.48. The van der Waals surface area contributed by atoms with Crippen molar-refractivity contribution in [3.8, 4) is 0 Å². The van der Waals surface area contributed by atoms with E-state index in [1.165, 1.54) is 0 Å². The number of piperidine rings is 1. The van der Waals surface area contributed by atoms with Crippen LogP contribution in [0.25, 0.3) is 0 Å². The molecule has 1 saturated heterocycles. The van der Waals surface area contributed by atoms with E-state index in [1.54, 1.807) is 0 Å². The van der Waals surface area contributed by atoms with Gasteiger partial charge < -0.3 is 11.1 Å². The molecule has 1 heterocycles. The summed E-state index contributed by atoms with van der Waals surface area (Å²) >= 11 is 0. The van der Waals surface area contributed by atoms with E-state index in [1.807, 2.05) is 30.3 Å². The number of nitrogens with two attached hydrogens (primary N) is 1. The van der Waals surface area contributed by atoms with E-state index in [0.29, 0.717) is 19.3 Å². The van der Waals surface area contributed by atoms with Crippen molar-refractivity contribution < 1.29 is 14.4 Å². The Balaban J connectivity index is 0.00000242. The lowest BCUT2D eigenvalue weighted by molar-refractivity contribution is -0.137. The van der Waals surface area contributed by atoms with Crippen LogP contribution < -0.4 is 16.4 Å². The normalized spacial score (nSPS) is 18.9. The quantitative estimate of drug-likeness (QED) is 0.677. The Hall–Kier alpha value is -1.92. The molecule has 120 valence electrons. The summed E-state index contributed by atoms with van der Waals surface area (Å²) in [6.45, 7) is 0. The van der Waals surface area contributed by atoms with Crippen LogP contribution in [0.5, 0.6) is 0 Å². The number of rotatable bonds is 5. The van der Waals surface area contributed by atoms with E-state index in [4.69, 9.17) is 5.73 Å². The van der Waals surface area contributed by atoms with E-state index in [2.05, 4.69) is 10.6 Å². The number of carbonyl (C=O) groups is 3. The number of imide groups is 1. The van der Waals surface area contributed by atoms with Gasteiger partial charge in [0.05, 0.1) is 6.04 Å². The molecule has 0 bridgehead atoms. The molecule has 6 nitrogen and oxygen atoms in total. The summed E-state index contributed by atoms with van der Waals surface area (Å²) in [5.41, 5.74) is 6.96. The van der Waals surface area contributed by atoms with Crippen LogP contribution in [-0.4, -0.2) is 29.8 Å². The molecule has 1 aliphatic heterocycles. The highest BCUT2D eigenvalue weighted by Crippen LogP contribution is 2.07. The summed E-state index contributed by atoms with van der Waals surface area (Å²) in [4.78, 5) is 34.5. The Morgan fingerprint density at radius 3 is 2.64 bits per heavy atom. The Bertz CT molecular complexity index is 536. The van der Waals surface area contributed by atoms with Crippen molar-refractivity contribution in [2.75, 3.05) is 0 Å². The minimum atomic E-state index is -0.671. The van der Waals surface area contributed by atoms with Gasteiger partial charge in [0.25, 0.3) is 0 Å². The summed E-state index contributed by atoms with van der Waals surface area (Å²) in [5.74, 6) is -1.13. The Morgan fingerprint density at radius 1 is 1.32 bits per heavy atom. The fraction of sp³-hybridized carbons (Fsp3) is 0.400. The van der Waals surface area contributed by atoms with E-state index in [9.17, 15) is 14.4 Å². The minimum absolute atomic E-state index is 0. The van der Waals surface area contributed by atoms with Gasteiger partial charge in [0.2, 0.25) is 17.7 Å². The summed E-state index contributed by atoms with van der Waals surface area (Å²) in [5, 5.41) is 4.80. The molecule has 0 aromatic heterocycles. The fourth-order valence-electron chi connectivity index (χ4n) is 2.21. The molecule has 0 spiro atoms. The van der Waals surface area contributed by atoms with Crippen LogP contribution in [-0.2, 0) is 20.8 Å². The van der Waals surface area contributed by atoms with Gasteiger partial charge in [-0.15, -0.1) is 12.4 Å². The van der Waals surface area contributed by atoms with Crippen LogP contribution in [0, 0.1) is 0 Å². The maximum atomic E-state index is 12.0. The second-order valence-corrected chi connectivity index (χ2v) is 5.14. The summed E-state index contributed by atoms with van der Waals surface area (Å²) in [6.07, 6.45) is 1.76. The second-order valence-electron chi connectivity index (χ2n) is 5.14. The van der Waals surface area contributed by atoms with Crippen LogP contribution in [0.2, 0.25) is 0 Å². The van der Waals surface area contributed by atoms with Crippen molar-refractivity contribution >= 4 is 30.1 Å². The maximum absolute atomic E-state index is 12.0. The molecule has 1 fully saturated rings. The average molecular weight is 326 g/mol. The van der Waals surface area contributed by atoms with Gasteiger partial charge in [-0.3, -0.25) is 19.7 Å². The number of halogens is 1. The van der Waals surface area contributed by atoms with Crippen LogP contribution in [0.4, 0.5) is 0 Å². The van der Waals surface area contributed by atoms with E-state index in [-0.39, 0.29) is 30.6 Å². The second kappa shape index (κ2) is 8.51. The first-order chi connectivity index (χ1) is 10.1. The molecule has 4 N–H and O–H groups in total. The first kappa shape index (κ1) is 18.1. The van der Waals surface area contributed by atoms with Crippen molar-refractivity contribution in [1.82, 2.24) is 10.6 Å². The van der Waals surface area contributed by atoms with E-state index < -0.39 is 18.0 Å². The summed E-state index contributed by atoms with van der Waals surface area (Å²) in [7, 11) is 0. The zero-order valence-corrected chi connectivity index (χ0v) is 12.9. The molecule has 0 saturated carbocycles. The lowest BCUT2D eigenvalue weighted by atomic mass is 10.0. The number of nitrogens with one attached hydrogen (secondary N) is 2. The number of carbonyl (C=O) groups excluding carboxylic acids is 3. The van der Waals surface area contributed by atoms with E-state index >= 15 is 0 Å². The molecule has 3 amide bonds. The lowest BCUT2D eigenvalue weighted by Gasteiger charge is -2.23. The maximum Gasteiger partial charge on any atom is 0.249 e. The van der Waals surface area contributed by atoms with Crippen molar-refractivity contribution in [2.24, 2.45) is 5.73 Å². The van der Waals surface area contributed by atoms with Crippen LogP contribution >= 0.6 is 12.4 Å². The number of aryl methyl sites for hydroxylation is 1. The van der Waals surface area contributed by atoms with Gasteiger partial charge in [-0.1, -0.05) is 30.3 Å². The third-order valence-corrected chi connectivity index (χ3v) is 3.48. The number of hydrogen-bond donors (Lipinski definition) is 3. The molecular formula is C15H20ClN3O3. The Morgan fingerprint density at radius 2 is 2.00 bits per heavy atom. The highest BCUT2D eigenvalue weighted by Gasteiger charge is 2.29. The average Bonchev–Trinajstić information content (AvgIpc) is 2.48. The molecule has 1 aromatic rings. The Kier molecular flexibility index (Phi) is 7.01. The molecule has 2 rings (SSSR count). The minimum Gasteiger partial charge on any atom is -0.343 e. The molecule has 1 unspecified atom stereocenters. The zero-order valence-electron chi connectivity index (χ0n) is 12.1. The van der Waals surface area contributed by atoms with Crippen molar-refractivity contribution in [1.29, 1.82) is 0 Å². The van der Waals surface area contributed by atoms with Crippen LogP contribution in [0.15, 0.2) is 30.3 Å². The van der Waals surface area contributed by atoms with Crippen LogP contribution in [0.1, 0.15) is 24.8 Å². The first-order valence-corrected chi connectivity index (χ1v) is 7.00. The fourth-order valence-corrected chi connectivity index (χ4v) is 2.21. The molecule has 7 heteroatoms. The topological polar surface area (TPSA) is 101 Å². The van der Waals surface area contributed by atoms with Gasteiger partial charge in [0, 0.05) is 6.42 Å². The molecular weight excluding hydrogens is 306 g/mol. The third kappa shape index (κ3) is 5.13. The molecule has 0 aliphatic carbocycles. The van der Waals surface area contributed by atoms with Gasteiger partial charge in [0.1, 0.15) is 6.04 Å². The highest BCUT2D eigenvalue weighted by atomic mass is 35.5. The standard InChI is InChI=1S/C15H19N3O3.ClH/c16-11(7-6-10-4-2-1-3-5-10)14(20)17-12-8-9-13(19)18-15(12)21;/h1-5,11-12H,6-9,16H2,(H,17,20)(H,18,19,21);1H/t11-,12?;/m1./s1. The zero-order chi connectivity index (χ0) is 15.2. The highest BCUT2D eigenvalue weighted by molar-refractivity contribution is 6.01. The van der Waals surface area contributed by atoms with Gasteiger partial charge in [-0.2, -0.15) is 0 Å². The van der Waals surface area contributed by atoms with Crippen molar-refractivity contribution in [2.45, 2.75) is 37.8 Å². The molecule has 1 aliphatic rings. The van der Waals surface area contributed by atoms with Crippen molar-refractivity contribution in [3.63, 3.8) is 0 Å². The summed E-state index contributed by atoms with van der Waals surface area (Å²) < 4.78 is 0. The molecule has 2 atom stereocenters. The SMILES string of the molecule is Cl.N[C@H](CCc1ccccc1)C(=O)NC1CCC(=O)NC1=O. The lowest BCUT2D eigenvalue weighted by Crippen LogP contribution is -2.55. The Labute approximate surface area is 135 Å². The van der Waals surface area contributed by atoms with Gasteiger partial charge >= 0.3 is 0 Å². The van der Waals surface area contributed by atoms with Gasteiger partial charge in [-0.05, 0) is 24.8 Å². The largest absolute Gasteiger partial charge is 0.343 e. The molecule has 1 aromatic carbocycles. The predicted octanol–water partition coefficient (Wildman–Crippen LogP) is 0.290. The smallest absolute Gasteiger partial charge is 0.249 e. The van der Waals surface area contributed by atoms with Gasteiger partial charge in [0.15, 0.2) is 0 Å². The number of amides is 3. The predicted molar refractivity (Wildman–Crippen MR) is 84.3 cm³/mol. The van der Waals surface area contributed by atoms with E-state index in [0.717, 1.165) is 5.56 Å². The van der Waals surface area contributed by atoms with Crippen molar-refractivity contribution in [3.05, 3.63) is 35.9 Å². The molecule has 22 heavy (non-hydrogen) atoms. The monoisotopic (exact) mass is 325 g/mol.